The van der Waals surface area contributed by atoms with Crippen LogP contribution >= 0.6 is 23.4 Å². The minimum Gasteiger partial charge on any atom is -0.495 e. The maximum absolute atomic E-state index is 13.1. The van der Waals surface area contributed by atoms with Crippen molar-refractivity contribution in [3.05, 3.63) is 16.7 Å². The summed E-state index contributed by atoms with van der Waals surface area (Å²) < 4.78 is 5.66. The first-order chi connectivity index (χ1) is 12.7. The van der Waals surface area contributed by atoms with Crippen LogP contribution in [0.1, 0.15) is 36.0 Å². The summed E-state index contributed by atoms with van der Waals surface area (Å²) >= 11 is 8.21. The summed E-state index contributed by atoms with van der Waals surface area (Å²) in [6.07, 6.45) is 4.50. The third-order valence-corrected chi connectivity index (χ3v) is 7.16. The highest BCUT2D eigenvalue weighted by Crippen LogP contribution is 2.45. The number of benzene rings is 1. The number of ether oxygens (including phenoxy) is 1. The third-order valence-electron chi connectivity index (χ3n) is 5.69. The summed E-state index contributed by atoms with van der Waals surface area (Å²) in [4.78, 5) is 16.6. The maximum Gasteiger partial charge on any atom is 0.255 e. The zero-order valence-electron chi connectivity index (χ0n) is 15.1. The Morgan fingerprint density at radius 3 is 3.12 bits per heavy atom. The molecule has 2 saturated heterocycles. The van der Waals surface area contributed by atoms with Crippen LogP contribution in [0.25, 0.3) is 0 Å². The Labute approximate surface area is 164 Å². The summed E-state index contributed by atoms with van der Waals surface area (Å²) in [5.41, 5.74) is 1.44. The second kappa shape index (κ2) is 7.87. The quantitative estimate of drug-likeness (QED) is 0.820. The number of amides is 1. The Bertz CT molecular complexity index is 700. The molecule has 0 radical (unpaired) electrons. The van der Waals surface area contributed by atoms with Crippen LogP contribution in [-0.4, -0.2) is 55.9 Å². The van der Waals surface area contributed by atoms with Crippen molar-refractivity contribution >= 4 is 35.0 Å². The monoisotopic (exact) mass is 395 g/mol. The van der Waals surface area contributed by atoms with Gasteiger partial charge < -0.3 is 20.3 Å². The molecule has 1 aromatic carbocycles. The van der Waals surface area contributed by atoms with Crippen molar-refractivity contribution in [2.24, 2.45) is 5.92 Å². The minimum atomic E-state index is -0.0691. The number of fused-ring (bicyclic) bond motifs is 3. The highest BCUT2D eigenvalue weighted by molar-refractivity contribution is 7.99. The van der Waals surface area contributed by atoms with E-state index in [1.165, 1.54) is 19.4 Å². The van der Waals surface area contributed by atoms with Crippen molar-refractivity contribution in [1.29, 1.82) is 0 Å². The van der Waals surface area contributed by atoms with Gasteiger partial charge in [-0.25, -0.2) is 0 Å². The number of thioether (sulfide) groups is 1. The molecule has 2 fully saturated rings. The lowest BCUT2D eigenvalue weighted by atomic mass is 9.85. The lowest BCUT2D eigenvalue weighted by molar-refractivity contribution is 0.0736. The smallest absolute Gasteiger partial charge is 0.255 e. The van der Waals surface area contributed by atoms with Gasteiger partial charge in [-0.15, -0.1) is 11.8 Å². The van der Waals surface area contributed by atoms with E-state index in [2.05, 4.69) is 15.5 Å². The molecule has 1 aromatic rings. The molecule has 2 bridgehead atoms. The fraction of sp³-hybridized carbons (Fsp3) is 0.632. The average Bonchev–Trinajstić information content (AvgIpc) is 2.91. The lowest BCUT2D eigenvalue weighted by Crippen LogP contribution is -2.53. The number of carbonyl (C=O) groups excluding carboxylic acids is 1. The molecular formula is C19H26ClN3O2S. The molecule has 7 heteroatoms. The number of anilines is 1. The number of halogens is 1. The largest absolute Gasteiger partial charge is 0.495 e. The van der Waals surface area contributed by atoms with Gasteiger partial charge in [0.15, 0.2) is 0 Å². The zero-order chi connectivity index (χ0) is 18.1. The van der Waals surface area contributed by atoms with E-state index in [1.807, 2.05) is 0 Å². The van der Waals surface area contributed by atoms with Crippen LogP contribution < -0.4 is 15.4 Å². The molecule has 0 saturated carbocycles. The van der Waals surface area contributed by atoms with Crippen LogP contribution in [0.15, 0.2) is 11.0 Å². The number of carbonyl (C=O) groups is 1. The van der Waals surface area contributed by atoms with Gasteiger partial charge in [0.05, 0.1) is 28.3 Å². The Kier molecular flexibility index (Phi) is 5.53. The summed E-state index contributed by atoms with van der Waals surface area (Å²) in [6, 6.07) is 2.00. The number of nitrogens with zero attached hydrogens (tertiary/aromatic N) is 1. The maximum atomic E-state index is 13.1. The van der Waals surface area contributed by atoms with Gasteiger partial charge in [0.2, 0.25) is 0 Å². The van der Waals surface area contributed by atoms with Crippen molar-refractivity contribution in [3.63, 3.8) is 0 Å². The molecule has 142 valence electrons. The van der Waals surface area contributed by atoms with Gasteiger partial charge in [0, 0.05) is 25.7 Å². The molecule has 0 aromatic heterocycles. The van der Waals surface area contributed by atoms with Crippen molar-refractivity contribution in [3.8, 4) is 5.75 Å². The standard InChI is InChI=1S/C19H26ClN3O2S/c1-25-17-13(10-14(20)16-18(17)26-9-3-6-21-16)19(24)22-15-5-8-23-7-2-4-12(15)11-23/h10,12,15,21H,2-9,11H2,1H3,(H,22,24). The fourth-order valence-corrected chi connectivity index (χ4v) is 5.83. The highest BCUT2D eigenvalue weighted by Gasteiger charge is 2.34. The van der Waals surface area contributed by atoms with E-state index >= 15 is 0 Å². The van der Waals surface area contributed by atoms with Crippen LogP contribution in [-0.2, 0) is 0 Å². The Hall–Kier alpha value is -1.11. The molecule has 3 aliphatic heterocycles. The van der Waals surface area contributed by atoms with E-state index in [1.54, 1.807) is 24.9 Å². The predicted octanol–water partition coefficient (Wildman–Crippen LogP) is 3.47. The van der Waals surface area contributed by atoms with Gasteiger partial charge >= 0.3 is 0 Å². The molecule has 0 aliphatic carbocycles. The number of nitrogens with one attached hydrogen (secondary N) is 2. The van der Waals surface area contributed by atoms with E-state index < -0.39 is 0 Å². The number of hydrogen-bond acceptors (Lipinski definition) is 5. The van der Waals surface area contributed by atoms with Crippen LogP contribution in [0.3, 0.4) is 0 Å². The van der Waals surface area contributed by atoms with Gasteiger partial charge in [0.25, 0.3) is 5.91 Å². The van der Waals surface area contributed by atoms with Crippen molar-refractivity contribution < 1.29 is 9.53 Å². The van der Waals surface area contributed by atoms with Gasteiger partial charge in [-0.2, -0.15) is 0 Å². The van der Waals surface area contributed by atoms with E-state index in [0.717, 1.165) is 48.8 Å². The molecule has 5 nitrogen and oxygen atoms in total. The molecule has 4 rings (SSSR count). The Morgan fingerprint density at radius 2 is 2.27 bits per heavy atom. The lowest BCUT2D eigenvalue weighted by Gasteiger charge is -2.42. The molecule has 3 unspecified atom stereocenters. The second-order valence-electron chi connectivity index (χ2n) is 7.34. The van der Waals surface area contributed by atoms with Gasteiger partial charge in [-0.1, -0.05) is 11.6 Å². The Morgan fingerprint density at radius 1 is 1.38 bits per heavy atom. The number of rotatable bonds is 3. The topological polar surface area (TPSA) is 53.6 Å². The van der Waals surface area contributed by atoms with Gasteiger partial charge in [-0.05, 0) is 50.0 Å². The van der Waals surface area contributed by atoms with E-state index in [9.17, 15) is 4.79 Å². The molecular weight excluding hydrogens is 370 g/mol. The number of methoxy groups -OCH3 is 1. The molecule has 2 N–H and O–H groups in total. The molecule has 3 heterocycles. The second-order valence-corrected chi connectivity index (χ2v) is 8.86. The van der Waals surface area contributed by atoms with E-state index in [4.69, 9.17) is 16.3 Å². The SMILES string of the molecule is COc1c(C(=O)NC2CCN3CCCC2C3)cc(Cl)c2c1SCCCN2. The number of piperidine rings is 2. The van der Waals surface area contributed by atoms with Gasteiger partial charge in [0.1, 0.15) is 5.75 Å². The fourth-order valence-electron chi connectivity index (χ4n) is 4.36. The molecule has 1 amide bonds. The van der Waals surface area contributed by atoms with Crippen LogP contribution in [0.5, 0.6) is 5.75 Å². The molecule has 3 atom stereocenters. The average molecular weight is 396 g/mol. The molecule has 0 spiro atoms. The normalized spacial score (nSPS) is 27.7. The van der Waals surface area contributed by atoms with E-state index in [0.29, 0.717) is 22.3 Å². The summed E-state index contributed by atoms with van der Waals surface area (Å²) in [5.74, 6) is 2.11. The van der Waals surface area contributed by atoms with Crippen molar-refractivity contribution in [2.45, 2.75) is 36.6 Å². The first kappa shape index (κ1) is 18.3. The van der Waals surface area contributed by atoms with Crippen LogP contribution in [0.4, 0.5) is 5.69 Å². The summed E-state index contributed by atoms with van der Waals surface area (Å²) in [7, 11) is 1.63. The molecule has 26 heavy (non-hydrogen) atoms. The van der Waals surface area contributed by atoms with Crippen LogP contribution in [0, 0.1) is 5.92 Å². The van der Waals surface area contributed by atoms with Crippen LogP contribution in [0.2, 0.25) is 5.02 Å². The summed E-state index contributed by atoms with van der Waals surface area (Å²) in [6.45, 7) is 4.26. The number of hydrogen-bond donors (Lipinski definition) is 2. The van der Waals surface area contributed by atoms with Crippen molar-refractivity contribution in [1.82, 2.24) is 10.2 Å². The van der Waals surface area contributed by atoms with E-state index in [-0.39, 0.29) is 11.9 Å². The predicted molar refractivity (Wildman–Crippen MR) is 107 cm³/mol. The Balaban J connectivity index is 1.59. The summed E-state index contributed by atoms with van der Waals surface area (Å²) in [5, 5.41) is 7.25. The first-order valence-electron chi connectivity index (χ1n) is 9.47. The first-order valence-corrected chi connectivity index (χ1v) is 10.8. The third kappa shape index (κ3) is 3.51. The van der Waals surface area contributed by atoms with Gasteiger partial charge in [-0.3, -0.25) is 4.79 Å². The highest BCUT2D eigenvalue weighted by atomic mass is 35.5. The minimum absolute atomic E-state index is 0.0691. The zero-order valence-corrected chi connectivity index (χ0v) is 16.7. The molecule has 3 aliphatic rings. The van der Waals surface area contributed by atoms with Crippen molar-refractivity contribution in [2.75, 3.05) is 44.4 Å².